The standard InChI is InChI=1S/C14H25NO4S2/c1-6-18-13(20)21-11(8-7-10(2)16)9-15-12(17)19-14(3,4)5/h11H,6-9H2,1-5H3,(H,15,17). The number of ketones is 1. The number of carbonyl (C=O) groups is 2. The summed E-state index contributed by atoms with van der Waals surface area (Å²) in [6.07, 6.45) is 0.601. The molecule has 0 aliphatic heterocycles. The number of Topliss-reactive ketones (excluding diaryl/α,β-unsaturated/α-hetero) is 1. The summed E-state index contributed by atoms with van der Waals surface area (Å²) in [5, 5.41) is 2.69. The third kappa shape index (κ3) is 12.6. The van der Waals surface area contributed by atoms with Gasteiger partial charge in [-0.15, -0.1) is 0 Å². The second-order valence-electron chi connectivity index (χ2n) is 5.55. The Labute approximate surface area is 136 Å². The molecule has 0 aromatic rings. The van der Waals surface area contributed by atoms with E-state index in [0.717, 1.165) is 0 Å². The molecule has 1 unspecified atom stereocenters. The van der Waals surface area contributed by atoms with Crippen LogP contribution in [-0.2, 0) is 14.3 Å². The van der Waals surface area contributed by atoms with Crippen LogP contribution in [0, 0.1) is 0 Å². The minimum Gasteiger partial charge on any atom is -0.479 e. The first-order valence-electron chi connectivity index (χ1n) is 6.93. The molecule has 21 heavy (non-hydrogen) atoms. The molecule has 1 atom stereocenters. The third-order valence-electron chi connectivity index (χ3n) is 2.22. The summed E-state index contributed by atoms with van der Waals surface area (Å²) in [4.78, 5) is 22.7. The molecule has 0 aliphatic rings. The van der Waals surface area contributed by atoms with Crippen LogP contribution < -0.4 is 5.32 Å². The lowest BCUT2D eigenvalue weighted by Crippen LogP contribution is -2.36. The highest BCUT2D eigenvalue weighted by Crippen LogP contribution is 2.19. The highest BCUT2D eigenvalue weighted by atomic mass is 32.2. The monoisotopic (exact) mass is 335 g/mol. The third-order valence-corrected chi connectivity index (χ3v) is 3.67. The van der Waals surface area contributed by atoms with E-state index in [9.17, 15) is 9.59 Å². The van der Waals surface area contributed by atoms with E-state index in [1.165, 1.54) is 11.8 Å². The minimum atomic E-state index is -0.535. The van der Waals surface area contributed by atoms with Crippen LogP contribution in [-0.4, -0.2) is 40.3 Å². The van der Waals surface area contributed by atoms with Gasteiger partial charge in [0, 0.05) is 18.2 Å². The Kier molecular flexibility index (Phi) is 9.61. The maximum atomic E-state index is 11.6. The quantitative estimate of drug-likeness (QED) is 0.720. The number of rotatable bonds is 7. The van der Waals surface area contributed by atoms with Crippen LogP contribution in [0.15, 0.2) is 0 Å². The van der Waals surface area contributed by atoms with Crippen LogP contribution in [0.5, 0.6) is 0 Å². The van der Waals surface area contributed by atoms with Gasteiger partial charge in [-0.2, -0.15) is 0 Å². The Bertz CT molecular complexity index is 366. The number of thioether (sulfide) groups is 1. The average molecular weight is 335 g/mol. The molecule has 122 valence electrons. The molecule has 1 amide bonds. The molecule has 7 heteroatoms. The normalized spacial score (nSPS) is 12.4. The van der Waals surface area contributed by atoms with Gasteiger partial charge in [0.05, 0.1) is 6.61 Å². The summed E-state index contributed by atoms with van der Waals surface area (Å²) in [5.74, 6) is 0.111. The first kappa shape index (κ1) is 20.2. The van der Waals surface area contributed by atoms with E-state index < -0.39 is 11.7 Å². The summed E-state index contributed by atoms with van der Waals surface area (Å²) in [5.41, 5.74) is -0.535. The average Bonchev–Trinajstić information content (AvgIpc) is 2.30. The van der Waals surface area contributed by atoms with Crippen molar-refractivity contribution in [2.75, 3.05) is 13.2 Å². The van der Waals surface area contributed by atoms with Gasteiger partial charge in [-0.1, -0.05) is 11.8 Å². The number of hydrogen-bond donors (Lipinski definition) is 1. The van der Waals surface area contributed by atoms with E-state index in [2.05, 4.69) is 5.32 Å². The van der Waals surface area contributed by atoms with Crippen molar-refractivity contribution in [2.45, 2.75) is 58.3 Å². The molecule has 1 N–H and O–H groups in total. The zero-order chi connectivity index (χ0) is 16.5. The minimum absolute atomic E-state index is 0.0135. The number of hydrogen-bond acceptors (Lipinski definition) is 6. The van der Waals surface area contributed by atoms with Gasteiger partial charge in [0.25, 0.3) is 0 Å². The Morgan fingerprint density at radius 3 is 2.43 bits per heavy atom. The number of alkyl carbamates (subject to hydrolysis) is 1. The van der Waals surface area contributed by atoms with Crippen molar-refractivity contribution in [1.82, 2.24) is 5.32 Å². The van der Waals surface area contributed by atoms with E-state index in [1.54, 1.807) is 27.7 Å². The van der Waals surface area contributed by atoms with Gasteiger partial charge in [0.1, 0.15) is 11.4 Å². The Morgan fingerprint density at radius 1 is 1.33 bits per heavy atom. The van der Waals surface area contributed by atoms with E-state index in [0.29, 0.717) is 30.4 Å². The molecule has 0 heterocycles. The fraction of sp³-hybridized carbons (Fsp3) is 0.786. The first-order valence-corrected chi connectivity index (χ1v) is 8.22. The fourth-order valence-corrected chi connectivity index (χ4v) is 2.75. The first-order chi connectivity index (χ1) is 9.64. The molecule has 0 spiro atoms. The largest absolute Gasteiger partial charge is 0.479 e. The summed E-state index contributed by atoms with van der Waals surface area (Å²) in [7, 11) is 0. The van der Waals surface area contributed by atoms with Gasteiger partial charge in [0.15, 0.2) is 0 Å². The SMILES string of the molecule is CCOC(=S)SC(CCC(C)=O)CNC(=O)OC(C)(C)C. The highest BCUT2D eigenvalue weighted by molar-refractivity contribution is 8.23. The summed E-state index contributed by atoms with van der Waals surface area (Å²) in [6.45, 7) is 9.70. The van der Waals surface area contributed by atoms with Crippen molar-refractivity contribution in [3.8, 4) is 0 Å². The number of nitrogens with one attached hydrogen (secondary N) is 1. The van der Waals surface area contributed by atoms with Crippen LogP contribution >= 0.6 is 24.0 Å². The molecule has 0 bridgehead atoms. The van der Waals surface area contributed by atoms with Gasteiger partial charge in [-0.3, -0.25) is 0 Å². The maximum absolute atomic E-state index is 11.6. The second-order valence-corrected chi connectivity index (χ2v) is 7.45. The van der Waals surface area contributed by atoms with Crippen LogP contribution in [0.1, 0.15) is 47.5 Å². The zero-order valence-electron chi connectivity index (χ0n) is 13.4. The molecule has 0 fully saturated rings. The molecule has 0 saturated carbocycles. The van der Waals surface area contributed by atoms with Crippen molar-refractivity contribution in [3.05, 3.63) is 0 Å². The van der Waals surface area contributed by atoms with Crippen molar-refractivity contribution in [3.63, 3.8) is 0 Å². The van der Waals surface area contributed by atoms with Gasteiger partial charge >= 0.3 is 6.09 Å². The Morgan fingerprint density at radius 2 is 1.95 bits per heavy atom. The van der Waals surface area contributed by atoms with Crippen molar-refractivity contribution in [2.24, 2.45) is 0 Å². The summed E-state index contributed by atoms with van der Waals surface area (Å²) in [6, 6.07) is 0. The van der Waals surface area contributed by atoms with Gasteiger partial charge in [0.2, 0.25) is 4.38 Å². The van der Waals surface area contributed by atoms with Gasteiger partial charge in [-0.25, -0.2) is 4.79 Å². The molecule has 0 aliphatic carbocycles. The molecule has 0 radical (unpaired) electrons. The molecular formula is C14H25NO4S2. The van der Waals surface area contributed by atoms with E-state index in [-0.39, 0.29) is 11.0 Å². The van der Waals surface area contributed by atoms with Crippen LogP contribution in [0.2, 0.25) is 0 Å². The van der Waals surface area contributed by atoms with E-state index in [1.807, 2.05) is 6.92 Å². The predicted octanol–water partition coefficient (Wildman–Crippen LogP) is 3.30. The molecule has 0 aromatic heterocycles. The Balaban J connectivity index is 4.35. The predicted molar refractivity (Wildman–Crippen MR) is 89.8 cm³/mol. The zero-order valence-corrected chi connectivity index (χ0v) is 15.0. The van der Waals surface area contributed by atoms with Crippen LogP contribution in [0.3, 0.4) is 0 Å². The van der Waals surface area contributed by atoms with Crippen molar-refractivity contribution in [1.29, 1.82) is 0 Å². The molecule has 5 nitrogen and oxygen atoms in total. The number of amides is 1. The highest BCUT2D eigenvalue weighted by Gasteiger charge is 2.19. The van der Waals surface area contributed by atoms with Crippen LogP contribution in [0.25, 0.3) is 0 Å². The fourth-order valence-electron chi connectivity index (χ4n) is 1.37. The van der Waals surface area contributed by atoms with Gasteiger partial charge < -0.3 is 19.6 Å². The maximum Gasteiger partial charge on any atom is 0.407 e. The number of carbonyl (C=O) groups excluding carboxylic acids is 2. The lowest BCUT2D eigenvalue weighted by molar-refractivity contribution is -0.117. The van der Waals surface area contributed by atoms with Crippen LogP contribution in [0.4, 0.5) is 4.79 Å². The molecule has 0 aromatic carbocycles. The second kappa shape index (κ2) is 10.00. The summed E-state index contributed by atoms with van der Waals surface area (Å²) < 4.78 is 10.8. The smallest absolute Gasteiger partial charge is 0.407 e. The molecule has 0 rings (SSSR count). The van der Waals surface area contributed by atoms with Gasteiger partial charge in [-0.05, 0) is 53.3 Å². The Hall–Kier alpha value is -0.820. The topological polar surface area (TPSA) is 64.6 Å². The van der Waals surface area contributed by atoms with E-state index in [4.69, 9.17) is 21.7 Å². The van der Waals surface area contributed by atoms with E-state index >= 15 is 0 Å². The number of thiocarbonyl (C=S) groups is 1. The van der Waals surface area contributed by atoms with Crippen molar-refractivity contribution < 1.29 is 19.1 Å². The molecular weight excluding hydrogens is 310 g/mol. The number of ether oxygens (including phenoxy) is 2. The lowest BCUT2D eigenvalue weighted by atomic mass is 10.2. The molecule has 0 saturated heterocycles. The lowest BCUT2D eigenvalue weighted by Gasteiger charge is -2.21. The summed E-state index contributed by atoms with van der Waals surface area (Å²) >= 11 is 6.45. The van der Waals surface area contributed by atoms with Crippen molar-refractivity contribution >= 4 is 40.2 Å².